The Hall–Kier alpha value is -1.52. The molecule has 0 amide bonds. The topological polar surface area (TPSA) is 47.3 Å². The van der Waals surface area contributed by atoms with Gasteiger partial charge in [0.1, 0.15) is 12.4 Å². The summed E-state index contributed by atoms with van der Waals surface area (Å²) < 4.78 is 7.70. The predicted molar refractivity (Wildman–Crippen MR) is 74.3 cm³/mol. The van der Waals surface area contributed by atoms with Crippen LogP contribution in [0.5, 0.6) is 5.75 Å². The zero-order valence-electron chi connectivity index (χ0n) is 11.0. The molecule has 0 saturated carbocycles. The van der Waals surface area contributed by atoms with Crippen LogP contribution in [0.25, 0.3) is 0 Å². The first-order valence-corrected chi connectivity index (χ1v) is 6.59. The van der Waals surface area contributed by atoms with E-state index in [4.69, 9.17) is 16.3 Å². The largest absolute Gasteiger partial charge is 0.486 e. The second kappa shape index (κ2) is 6.08. The third kappa shape index (κ3) is 3.28. The van der Waals surface area contributed by atoms with Gasteiger partial charge in [-0.2, -0.15) is 0 Å². The van der Waals surface area contributed by atoms with Crippen molar-refractivity contribution in [2.75, 3.05) is 0 Å². The molecule has 1 aromatic heterocycles. The SMILES string of the molecule is CCn1cncc1COc1ccc([C@@H](C)O)cc1Cl. The Bertz CT molecular complexity index is 552. The number of hydrogen-bond donors (Lipinski definition) is 1. The molecule has 0 fully saturated rings. The van der Waals surface area contributed by atoms with Crippen molar-refractivity contribution < 1.29 is 9.84 Å². The van der Waals surface area contributed by atoms with E-state index in [0.29, 0.717) is 17.4 Å². The van der Waals surface area contributed by atoms with Crippen LogP contribution in [0.2, 0.25) is 5.02 Å². The van der Waals surface area contributed by atoms with Crippen LogP contribution in [0, 0.1) is 0 Å². The van der Waals surface area contributed by atoms with E-state index in [2.05, 4.69) is 11.9 Å². The molecule has 2 rings (SSSR count). The molecule has 4 nitrogen and oxygen atoms in total. The first kappa shape index (κ1) is 13.9. The Morgan fingerprint density at radius 3 is 2.89 bits per heavy atom. The summed E-state index contributed by atoms with van der Waals surface area (Å²) in [5, 5.41) is 9.98. The summed E-state index contributed by atoms with van der Waals surface area (Å²) in [6.07, 6.45) is 3.02. The Labute approximate surface area is 117 Å². The molecule has 19 heavy (non-hydrogen) atoms. The van der Waals surface area contributed by atoms with Gasteiger partial charge in [0.2, 0.25) is 0 Å². The summed E-state index contributed by atoms with van der Waals surface area (Å²) in [6.45, 7) is 5.02. The van der Waals surface area contributed by atoms with Crippen molar-refractivity contribution in [2.24, 2.45) is 0 Å². The molecule has 1 atom stereocenters. The van der Waals surface area contributed by atoms with Crippen LogP contribution in [0.3, 0.4) is 0 Å². The van der Waals surface area contributed by atoms with Crippen LogP contribution in [-0.4, -0.2) is 14.7 Å². The van der Waals surface area contributed by atoms with Gasteiger partial charge in [-0.15, -0.1) is 0 Å². The molecule has 0 aliphatic carbocycles. The Balaban J connectivity index is 2.08. The summed E-state index contributed by atoms with van der Waals surface area (Å²) in [5.74, 6) is 0.606. The van der Waals surface area contributed by atoms with E-state index in [9.17, 15) is 5.11 Å². The van der Waals surface area contributed by atoms with Crippen molar-refractivity contribution in [3.63, 3.8) is 0 Å². The highest BCUT2D eigenvalue weighted by molar-refractivity contribution is 6.32. The van der Waals surface area contributed by atoms with E-state index in [1.54, 1.807) is 31.6 Å². The summed E-state index contributed by atoms with van der Waals surface area (Å²) in [5.41, 5.74) is 1.77. The molecule has 0 bridgehead atoms. The fourth-order valence-electron chi connectivity index (χ4n) is 1.80. The number of halogens is 1. The lowest BCUT2D eigenvalue weighted by Gasteiger charge is -2.11. The summed E-state index contributed by atoms with van der Waals surface area (Å²) >= 11 is 6.13. The number of aromatic nitrogens is 2. The molecular formula is C14H17ClN2O2. The predicted octanol–water partition coefficient (Wildman–Crippen LogP) is 3.19. The molecule has 1 N–H and O–H groups in total. The molecule has 0 radical (unpaired) electrons. The molecule has 1 heterocycles. The number of aryl methyl sites for hydroxylation is 1. The molecule has 0 unspecified atom stereocenters. The molecule has 1 aromatic carbocycles. The number of hydrogen-bond acceptors (Lipinski definition) is 3. The normalized spacial score (nSPS) is 12.4. The van der Waals surface area contributed by atoms with Crippen LogP contribution in [0.1, 0.15) is 31.2 Å². The van der Waals surface area contributed by atoms with Crippen LogP contribution < -0.4 is 4.74 Å². The van der Waals surface area contributed by atoms with E-state index >= 15 is 0 Å². The van der Waals surface area contributed by atoms with Gasteiger partial charge in [-0.05, 0) is 31.5 Å². The smallest absolute Gasteiger partial charge is 0.138 e. The van der Waals surface area contributed by atoms with Crippen LogP contribution in [0.4, 0.5) is 0 Å². The highest BCUT2D eigenvalue weighted by Gasteiger charge is 2.08. The standard InChI is InChI=1S/C14H17ClN2O2/c1-3-17-9-16-7-12(17)8-19-14-5-4-11(10(2)18)6-13(14)15/h4-7,9-10,18H,3,8H2,1-2H3/t10-/m1/s1. The number of nitrogens with zero attached hydrogens (tertiary/aromatic N) is 2. The van der Waals surface area contributed by atoms with Gasteiger partial charge < -0.3 is 14.4 Å². The zero-order valence-corrected chi connectivity index (χ0v) is 11.8. The molecule has 102 valence electrons. The Kier molecular flexibility index (Phi) is 4.45. The maximum absolute atomic E-state index is 9.48. The molecule has 0 aliphatic heterocycles. The van der Waals surface area contributed by atoms with E-state index < -0.39 is 6.10 Å². The monoisotopic (exact) mass is 280 g/mol. The highest BCUT2D eigenvalue weighted by atomic mass is 35.5. The third-order valence-corrected chi connectivity index (χ3v) is 3.25. The molecule has 0 aliphatic rings. The van der Waals surface area contributed by atoms with Crippen molar-refractivity contribution >= 4 is 11.6 Å². The van der Waals surface area contributed by atoms with Crippen LogP contribution in [0.15, 0.2) is 30.7 Å². The van der Waals surface area contributed by atoms with E-state index in [0.717, 1.165) is 17.8 Å². The number of aliphatic hydroxyl groups excluding tert-OH is 1. The van der Waals surface area contributed by atoms with Gasteiger partial charge in [0.15, 0.2) is 0 Å². The number of rotatable bonds is 5. The number of imidazole rings is 1. The summed E-state index contributed by atoms with van der Waals surface area (Å²) in [6, 6.07) is 5.30. The van der Waals surface area contributed by atoms with Crippen molar-refractivity contribution in [2.45, 2.75) is 33.1 Å². The van der Waals surface area contributed by atoms with Crippen molar-refractivity contribution in [1.29, 1.82) is 0 Å². The lowest BCUT2D eigenvalue weighted by atomic mass is 10.1. The number of aliphatic hydroxyl groups is 1. The minimum absolute atomic E-state index is 0.418. The minimum atomic E-state index is -0.534. The molecule has 0 spiro atoms. The van der Waals surface area contributed by atoms with Gasteiger partial charge in [-0.1, -0.05) is 17.7 Å². The fourth-order valence-corrected chi connectivity index (χ4v) is 2.04. The lowest BCUT2D eigenvalue weighted by Crippen LogP contribution is -2.04. The Morgan fingerprint density at radius 2 is 2.26 bits per heavy atom. The first-order valence-electron chi connectivity index (χ1n) is 6.21. The second-order valence-corrected chi connectivity index (χ2v) is 4.73. The molecule has 2 aromatic rings. The van der Waals surface area contributed by atoms with Gasteiger partial charge in [0.05, 0.1) is 29.3 Å². The zero-order chi connectivity index (χ0) is 13.8. The van der Waals surface area contributed by atoms with Crippen LogP contribution in [-0.2, 0) is 13.2 Å². The maximum atomic E-state index is 9.48. The first-order chi connectivity index (χ1) is 9.11. The second-order valence-electron chi connectivity index (χ2n) is 4.33. The lowest BCUT2D eigenvalue weighted by molar-refractivity contribution is 0.199. The fraction of sp³-hybridized carbons (Fsp3) is 0.357. The van der Waals surface area contributed by atoms with Gasteiger partial charge in [-0.3, -0.25) is 0 Å². The van der Waals surface area contributed by atoms with E-state index in [1.165, 1.54) is 0 Å². The number of ether oxygens (including phenoxy) is 1. The van der Waals surface area contributed by atoms with Gasteiger partial charge in [0.25, 0.3) is 0 Å². The average Bonchev–Trinajstić information content (AvgIpc) is 2.84. The number of benzene rings is 1. The maximum Gasteiger partial charge on any atom is 0.138 e. The average molecular weight is 281 g/mol. The van der Waals surface area contributed by atoms with Crippen LogP contribution >= 0.6 is 11.6 Å². The van der Waals surface area contributed by atoms with Gasteiger partial charge >= 0.3 is 0 Å². The molecule has 5 heteroatoms. The summed E-state index contributed by atoms with van der Waals surface area (Å²) in [4.78, 5) is 4.08. The minimum Gasteiger partial charge on any atom is -0.486 e. The quantitative estimate of drug-likeness (QED) is 0.915. The highest BCUT2D eigenvalue weighted by Crippen LogP contribution is 2.28. The van der Waals surface area contributed by atoms with Gasteiger partial charge in [-0.25, -0.2) is 4.98 Å². The van der Waals surface area contributed by atoms with E-state index in [1.807, 2.05) is 10.6 Å². The van der Waals surface area contributed by atoms with Crippen molar-refractivity contribution in [3.05, 3.63) is 47.0 Å². The Morgan fingerprint density at radius 1 is 1.47 bits per heavy atom. The molecule has 0 saturated heterocycles. The molecular weight excluding hydrogens is 264 g/mol. The van der Waals surface area contributed by atoms with E-state index in [-0.39, 0.29) is 0 Å². The van der Waals surface area contributed by atoms with Gasteiger partial charge in [0, 0.05) is 6.54 Å². The van der Waals surface area contributed by atoms with Crippen molar-refractivity contribution in [3.8, 4) is 5.75 Å². The third-order valence-electron chi connectivity index (χ3n) is 2.95. The van der Waals surface area contributed by atoms with Crippen molar-refractivity contribution in [1.82, 2.24) is 9.55 Å². The summed E-state index contributed by atoms with van der Waals surface area (Å²) in [7, 11) is 0.